The molecule has 0 aliphatic rings. The Kier molecular flexibility index (Phi) is 5.74. The lowest BCUT2D eigenvalue weighted by atomic mass is 9.91. The Morgan fingerprint density at radius 3 is 2.67 bits per heavy atom. The third-order valence-electron chi connectivity index (χ3n) is 3.17. The lowest BCUT2D eigenvalue weighted by Gasteiger charge is -2.21. The lowest BCUT2D eigenvalue weighted by molar-refractivity contribution is 0.310. The molecule has 18 heavy (non-hydrogen) atoms. The predicted molar refractivity (Wildman–Crippen MR) is 79.9 cm³/mol. The standard InChI is InChI=1S/C16H23ClO/c1-6-8-11(3)15-13(5)14(17)10-12(4)16(15)18-9-7-2/h6,10-11H,1,7-9H2,2-5H3. The molecule has 0 heterocycles. The fourth-order valence-corrected chi connectivity index (χ4v) is 2.50. The zero-order valence-corrected chi connectivity index (χ0v) is 12.6. The Morgan fingerprint density at radius 1 is 1.44 bits per heavy atom. The van der Waals surface area contributed by atoms with Crippen LogP contribution < -0.4 is 4.74 Å². The Labute approximate surface area is 116 Å². The summed E-state index contributed by atoms with van der Waals surface area (Å²) >= 11 is 6.29. The highest BCUT2D eigenvalue weighted by Gasteiger charge is 2.18. The average molecular weight is 267 g/mol. The second-order valence-electron chi connectivity index (χ2n) is 4.82. The summed E-state index contributed by atoms with van der Waals surface area (Å²) in [5, 5.41) is 0.822. The summed E-state index contributed by atoms with van der Waals surface area (Å²) in [6.07, 6.45) is 3.89. The fraction of sp³-hybridized carbons (Fsp3) is 0.500. The molecule has 2 heteroatoms. The molecule has 1 rings (SSSR count). The predicted octanol–water partition coefficient (Wildman–Crippen LogP) is 5.43. The van der Waals surface area contributed by atoms with Crippen molar-refractivity contribution in [1.29, 1.82) is 0 Å². The minimum Gasteiger partial charge on any atom is -0.493 e. The second-order valence-corrected chi connectivity index (χ2v) is 5.22. The van der Waals surface area contributed by atoms with Crippen molar-refractivity contribution in [3.63, 3.8) is 0 Å². The normalized spacial score (nSPS) is 12.3. The van der Waals surface area contributed by atoms with Gasteiger partial charge in [0, 0.05) is 10.6 Å². The van der Waals surface area contributed by atoms with E-state index in [2.05, 4.69) is 34.3 Å². The van der Waals surface area contributed by atoms with Gasteiger partial charge in [-0.1, -0.05) is 31.5 Å². The van der Waals surface area contributed by atoms with E-state index >= 15 is 0 Å². The molecule has 0 aliphatic carbocycles. The lowest BCUT2D eigenvalue weighted by Crippen LogP contribution is -2.06. The van der Waals surface area contributed by atoms with Crippen molar-refractivity contribution in [2.24, 2.45) is 0 Å². The van der Waals surface area contributed by atoms with E-state index in [1.54, 1.807) is 0 Å². The molecule has 0 radical (unpaired) electrons. The third-order valence-corrected chi connectivity index (χ3v) is 3.56. The molecular weight excluding hydrogens is 244 g/mol. The highest BCUT2D eigenvalue weighted by Crippen LogP contribution is 2.38. The van der Waals surface area contributed by atoms with E-state index in [0.717, 1.165) is 41.3 Å². The Morgan fingerprint density at radius 2 is 2.11 bits per heavy atom. The molecule has 1 nitrogen and oxygen atoms in total. The van der Waals surface area contributed by atoms with Crippen molar-refractivity contribution >= 4 is 11.6 Å². The summed E-state index contributed by atoms with van der Waals surface area (Å²) in [4.78, 5) is 0. The monoisotopic (exact) mass is 266 g/mol. The smallest absolute Gasteiger partial charge is 0.126 e. The van der Waals surface area contributed by atoms with Gasteiger partial charge in [0.05, 0.1) is 6.61 Å². The number of hydrogen-bond acceptors (Lipinski definition) is 1. The van der Waals surface area contributed by atoms with Gasteiger partial charge in [0.2, 0.25) is 0 Å². The molecule has 1 unspecified atom stereocenters. The maximum Gasteiger partial charge on any atom is 0.126 e. The zero-order valence-electron chi connectivity index (χ0n) is 11.8. The van der Waals surface area contributed by atoms with Crippen molar-refractivity contribution in [1.82, 2.24) is 0 Å². The van der Waals surface area contributed by atoms with E-state index in [1.807, 2.05) is 12.1 Å². The Balaban J connectivity index is 3.27. The van der Waals surface area contributed by atoms with Gasteiger partial charge >= 0.3 is 0 Å². The van der Waals surface area contributed by atoms with Crippen molar-refractivity contribution in [2.45, 2.75) is 46.5 Å². The SMILES string of the molecule is C=CCC(C)c1c(C)c(Cl)cc(C)c1OCCC. The first-order valence-corrected chi connectivity index (χ1v) is 6.93. The van der Waals surface area contributed by atoms with Crippen LogP contribution in [0.15, 0.2) is 18.7 Å². The molecule has 1 atom stereocenters. The third kappa shape index (κ3) is 3.29. The van der Waals surface area contributed by atoms with Crippen LogP contribution in [0, 0.1) is 13.8 Å². The Bertz CT molecular complexity index is 424. The van der Waals surface area contributed by atoms with Crippen molar-refractivity contribution in [3.8, 4) is 5.75 Å². The minimum atomic E-state index is 0.381. The van der Waals surface area contributed by atoms with Crippen LogP contribution in [0.3, 0.4) is 0 Å². The number of allylic oxidation sites excluding steroid dienone is 1. The zero-order chi connectivity index (χ0) is 13.7. The van der Waals surface area contributed by atoms with Gasteiger partial charge in [-0.2, -0.15) is 0 Å². The van der Waals surface area contributed by atoms with Gasteiger partial charge in [-0.15, -0.1) is 6.58 Å². The highest BCUT2D eigenvalue weighted by atomic mass is 35.5. The van der Waals surface area contributed by atoms with Gasteiger partial charge in [0.1, 0.15) is 5.75 Å². The summed E-state index contributed by atoms with van der Waals surface area (Å²) in [6, 6.07) is 1.99. The second kappa shape index (κ2) is 6.84. The summed E-state index contributed by atoms with van der Waals surface area (Å²) in [6.45, 7) is 13.0. The molecule has 0 amide bonds. The molecule has 0 aromatic heterocycles. The molecule has 0 spiro atoms. The molecule has 100 valence electrons. The van der Waals surface area contributed by atoms with Crippen molar-refractivity contribution in [3.05, 3.63) is 40.4 Å². The van der Waals surface area contributed by atoms with Gasteiger partial charge in [0.25, 0.3) is 0 Å². The first-order valence-electron chi connectivity index (χ1n) is 6.56. The quantitative estimate of drug-likeness (QED) is 0.624. The summed E-state index contributed by atoms with van der Waals surface area (Å²) in [5.41, 5.74) is 3.47. The number of halogens is 1. The van der Waals surface area contributed by atoms with Gasteiger partial charge in [-0.05, 0) is 49.8 Å². The molecule has 0 saturated carbocycles. The van der Waals surface area contributed by atoms with Crippen LogP contribution in [0.4, 0.5) is 0 Å². The van der Waals surface area contributed by atoms with Crippen molar-refractivity contribution < 1.29 is 4.74 Å². The maximum absolute atomic E-state index is 6.29. The number of benzene rings is 1. The number of aryl methyl sites for hydroxylation is 1. The van der Waals surface area contributed by atoms with Crippen LogP contribution in [-0.2, 0) is 0 Å². The summed E-state index contributed by atoms with van der Waals surface area (Å²) in [5.74, 6) is 1.39. The minimum absolute atomic E-state index is 0.381. The molecule has 0 fully saturated rings. The topological polar surface area (TPSA) is 9.23 Å². The number of ether oxygens (including phenoxy) is 1. The van der Waals surface area contributed by atoms with Crippen molar-refractivity contribution in [2.75, 3.05) is 6.61 Å². The van der Waals surface area contributed by atoms with E-state index in [4.69, 9.17) is 16.3 Å². The van der Waals surface area contributed by atoms with Crippen LogP contribution in [-0.4, -0.2) is 6.61 Å². The summed E-state index contributed by atoms with van der Waals surface area (Å²) < 4.78 is 5.93. The first-order chi connectivity index (χ1) is 8.52. The molecule has 1 aromatic carbocycles. The summed E-state index contributed by atoms with van der Waals surface area (Å²) in [7, 11) is 0. The first kappa shape index (κ1) is 15.1. The molecule has 0 saturated heterocycles. The van der Waals surface area contributed by atoms with E-state index in [9.17, 15) is 0 Å². The fourth-order valence-electron chi connectivity index (χ4n) is 2.23. The van der Waals surface area contributed by atoms with Gasteiger partial charge in [-0.25, -0.2) is 0 Å². The average Bonchev–Trinajstić information content (AvgIpc) is 2.32. The van der Waals surface area contributed by atoms with Crippen LogP contribution in [0.25, 0.3) is 0 Å². The molecule has 0 N–H and O–H groups in total. The van der Waals surface area contributed by atoms with Gasteiger partial charge in [0.15, 0.2) is 0 Å². The maximum atomic E-state index is 6.29. The van der Waals surface area contributed by atoms with E-state index in [-0.39, 0.29) is 0 Å². The highest BCUT2D eigenvalue weighted by molar-refractivity contribution is 6.31. The van der Waals surface area contributed by atoms with Crippen LogP contribution in [0.2, 0.25) is 5.02 Å². The van der Waals surface area contributed by atoms with Gasteiger partial charge in [-0.3, -0.25) is 0 Å². The molecular formula is C16H23ClO. The van der Waals surface area contributed by atoms with Crippen LogP contribution in [0.1, 0.15) is 49.3 Å². The number of hydrogen-bond donors (Lipinski definition) is 0. The Hall–Kier alpha value is -0.950. The largest absolute Gasteiger partial charge is 0.493 e. The van der Waals surface area contributed by atoms with E-state index in [1.165, 1.54) is 5.56 Å². The molecule has 1 aromatic rings. The molecule has 0 bridgehead atoms. The van der Waals surface area contributed by atoms with E-state index in [0.29, 0.717) is 5.92 Å². The van der Waals surface area contributed by atoms with Crippen LogP contribution >= 0.6 is 11.6 Å². The van der Waals surface area contributed by atoms with Gasteiger partial charge < -0.3 is 4.74 Å². The van der Waals surface area contributed by atoms with E-state index < -0.39 is 0 Å². The molecule has 0 aliphatic heterocycles. The number of rotatable bonds is 6. The van der Waals surface area contributed by atoms with Crippen LogP contribution in [0.5, 0.6) is 5.75 Å².